The van der Waals surface area contributed by atoms with Crippen LogP contribution in [0.5, 0.6) is 0 Å². The highest BCUT2D eigenvalue weighted by atomic mass is 16.1. The van der Waals surface area contributed by atoms with Gasteiger partial charge < -0.3 is 0 Å². The van der Waals surface area contributed by atoms with Crippen molar-refractivity contribution in [3.05, 3.63) is 53.2 Å². The average Bonchev–Trinajstić information content (AvgIpc) is 3.41. The fourth-order valence-corrected chi connectivity index (χ4v) is 6.71. The Morgan fingerprint density at radius 2 is 1.48 bits per heavy atom. The summed E-state index contributed by atoms with van der Waals surface area (Å²) in [6, 6.07) is 10.9. The van der Waals surface area contributed by atoms with Gasteiger partial charge >= 0.3 is 0 Å². The van der Waals surface area contributed by atoms with Crippen molar-refractivity contribution >= 4 is 27.5 Å². The van der Waals surface area contributed by atoms with Gasteiger partial charge in [0.15, 0.2) is 5.78 Å². The Balaban J connectivity index is 1.78. The number of pyridine rings is 1. The van der Waals surface area contributed by atoms with Crippen LogP contribution in [0.4, 0.5) is 0 Å². The summed E-state index contributed by atoms with van der Waals surface area (Å²) in [4.78, 5) is 19.0. The molecule has 0 N–H and O–H groups in total. The number of ketones is 1. The Kier molecular flexibility index (Phi) is 3.03. The standard InChI is InChI=1S/C25H25NO/c1-16-14-19-21-20(15-26-22(19)18-9-3-2-8-17(16)18)24(10-4-5-11-24)23(27)25(21)12-6-7-13-25/h2-3,8-9,14-15H,4-7,10-13H2,1H3. The van der Waals surface area contributed by atoms with Crippen molar-refractivity contribution in [2.75, 3.05) is 0 Å². The molecule has 0 saturated heterocycles. The monoisotopic (exact) mass is 355 g/mol. The summed E-state index contributed by atoms with van der Waals surface area (Å²) >= 11 is 0. The van der Waals surface area contributed by atoms with Crippen molar-refractivity contribution in [2.45, 2.75) is 69.1 Å². The zero-order chi connectivity index (χ0) is 18.2. The molecular weight excluding hydrogens is 330 g/mol. The van der Waals surface area contributed by atoms with Crippen LogP contribution in [0.15, 0.2) is 36.5 Å². The third-order valence-corrected chi connectivity index (χ3v) is 7.86. The van der Waals surface area contributed by atoms with Crippen LogP contribution in [-0.2, 0) is 15.6 Å². The molecule has 0 bridgehead atoms. The molecule has 2 nitrogen and oxygen atoms in total. The van der Waals surface area contributed by atoms with E-state index in [4.69, 9.17) is 4.98 Å². The smallest absolute Gasteiger partial charge is 0.153 e. The third-order valence-electron chi connectivity index (χ3n) is 7.86. The fraction of sp³-hybridized carbons (Fsp3) is 0.440. The largest absolute Gasteiger partial charge is 0.298 e. The van der Waals surface area contributed by atoms with Crippen LogP contribution < -0.4 is 0 Å². The highest BCUT2D eigenvalue weighted by molar-refractivity contribution is 6.13. The van der Waals surface area contributed by atoms with Gasteiger partial charge in [0, 0.05) is 17.0 Å². The summed E-state index contributed by atoms with van der Waals surface area (Å²) in [6.45, 7) is 2.20. The predicted octanol–water partition coefficient (Wildman–Crippen LogP) is 5.90. The molecule has 0 radical (unpaired) electrons. The first-order valence-corrected chi connectivity index (χ1v) is 10.5. The highest BCUT2D eigenvalue weighted by Gasteiger charge is 2.61. The summed E-state index contributed by atoms with van der Waals surface area (Å²) in [7, 11) is 0. The number of rotatable bonds is 0. The van der Waals surface area contributed by atoms with Crippen LogP contribution in [0.3, 0.4) is 0 Å². The van der Waals surface area contributed by atoms with E-state index in [1.54, 1.807) is 0 Å². The van der Waals surface area contributed by atoms with Crippen LogP contribution in [0, 0.1) is 6.92 Å². The summed E-state index contributed by atoms with van der Waals surface area (Å²) in [5, 5.41) is 3.75. The first kappa shape index (κ1) is 15.8. The minimum absolute atomic E-state index is 0.236. The Hall–Kier alpha value is -2.22. The number of hydrogen-bond donors (Lipinski definition) is 0. The number of aromatic nitrogens is 1. The number of benzene rings is 2. The fourth-order valence-electron chi connectivity index (χ4n) is 6.71. The van der Waals surface area contributed by atoms with Gasteiger partial charge in [0.2, 0.25) is 0 Å². The lowest BCUT2D eigenvalue weighted by Gasteiger charge is -2.27. The molecule has 27 heavy (non-hydrogen) atoms. The van der Waals surface area contributed by atoms with Gasteiger partial charge in [0.1, 0.15) is 0 Å². The Morgan fingerprint density at radius 1 is 0.852 bits per heavy atom. The number of carbonyl (C=O) groups is 1. The van der Waals surface area contributed by atoms with Crippen LogP contribution in [0.2, 0.25) is 0 Å². The second-order valence-corrected chi connectivity index (χ2v) is 9.09. The van der Waals surface area contributed by atoms with E-state index in [0.717, 1.165) is 31.2 Å². The van der Waals surface area contributed by atoms with Gasteiger partial charge in [-0.1, -0.05) is 49.9 Å². The number of fused-ring (bicyclic) bond motifs is 7. The third kappa shape index (κ3) is 1.77. The van der Waals surface area contributed by atoms with E-state index in [1.807, 2.05) is 0 Å². The lowest BCUT2D eigenvalue weighted by atomic mass is 9.73. The molecule has 6 rings (SSSR count). The van der Waals surface area contributed by atoms with E-state index < -0.39 is 0 Å². The molecular formula is C25H25NO. The molecule has 0 amide bonds. The molecule has 0 atom stereocenters. The van der Waals surface area contributed by atoms with Crippen molar-refractivity contribution < 1.29 is 4.79 Å². The quantitative estimate of drug-likeness (QED) is 0.470. The molecule has 2 spiro atoms. The van der Waals surface area contributed by atoms with Gasteiger partial charge in [0.25, 0.3) is 0 Å². The van der Waals surface area contributed by atoms with E-state index in [1.165, 1.54) is 58.5 Å². The lowest BCUT2D eigenvalue weighted by molar-refractivity contribution is -0.128. The zero-order valence-electron chi connectivity index (χ0n) is 16.0. The molecule has 1 aromatic heterocycles. The van der Waals surface area contributed by atoms with Gasteiger partial charge in [-0.2, -0.15) is 0 Å². The molecule has 1 heterocycles. The van der Waals surface area contributed by atoms with E-state index >= 15 is 0 Å². The zero-order valence-corrected chi connectivity index (χ0v) is 16.0. The van der Waals surface area contributed by atoms with Crippen LogP contribution in [-0.4, -0.2) is 10.8 Å². The molecule has 3 aromatic rings. The van der Waals surface area contributed by atoms with Crippen molar-refractivity contribution in [1.29, 1.82) is 0 Å². The SMILES string of the molecule is Cc1cc2c3c(cnc2c2ccccc12)C1(CCCC1)C(=O)C31CCCC1. The normalized spacial score (nSPS) is 22.5. The first-order valence-electron chi connectivity index (χ1n) is 10.5. The summed E-state index contributed by atoms with van der Waals surface area (Å²) in [5.74, 6) is 0.542. The highest BCUT2D eigenvalue weighted by Crippen LogP contribution is 2.61. The maximum atomic E-state index is 14.0. The van der Waals surface area contributed by atoms with Crippen molar-refractivity contribution in [2.24, 2.45) is 0 Å². The Labute approximate surface area is 160 Å². The maximum absolute atomic E-state index is 14.0. The Morgan fingerprint density at radius 3 is 2.19 bits per heavy atom. The van der Waals surface area contributed by atoms with E-state index in [-0.39, 0.29) is 10.8 Å². The molecule has 0 aliphatic heterocycles. The van der Waals surface area contributed by atoms with Crippen molar-refractivity contribution in [3.8, 4) is 0 Å². The van der Waals surface area contributed by atoms with Crippen molar-refractivity contribution in [1.82, 2.24) is 4.98 Å². The minimum atomic E-state index is -0.240. The number of hydrogen-bond acceptors (Lipinski definition) is 2. The number of Topliss-reactive ketones (excluding diaryl/α,β-unsaturated/α-hetero) is 1. The topological polar surface area (TPSA) is 30.0 Å². The van der Waals surface area contributed by atoms with Crippen LogP contribution in [0.25, 0.3) is 21.7 Å². The van der Waals surface area contributed by atoms with E-state index in [0.29, 0.717) is 5.78 Å². The molecule has 0 unspecified atom stereocenters. The maximum Gasteiger partial charge on any atom is 0.153 e. The summed E-state index contributed by atoms with van der Waals surface area (Å²) in [5.41, 5.74) is 4.56. The molecule has 2 saturated carbocycles. The van der Waals surface area contributed by atoms with E-state index in [9.17, 15) is 4.79 Å². The van der Waals surface area contributed by atoms with Gasteiger partial charge in [-0.25, -0.2) is 0 Å². The van der Waals surface area contributed by atoms with Gasteiger partial charge in [-0.05, 0) is 60.7 Å². The number of aryl methyl sites for hydroxylation is 1. The molecule has 3 aliphatic carbocycles. The summed E-state index contributed by atoms with van der Waals surface area (Å²) in [6.07, 6.45) is 10.9. The van der Waals surface area contributed by atoms with Gasteiger partial charge in [-0.15, -0.1) is 0 Å². The second kappa shape index (κ2) is 5.19. The first-order chi connectivity index (χ1) is 13.2. The second-order valence-electron chi connectivity index (χ2n) is 9.09. The Bertz CT molecular complexity index is 1110. The lowest BCUT2D eigenvalue weighted by Crippen LogP contribution is -2.38. The molecule has 2 fully saturated rings. The van der Waals surface area contributed by atoms with Gasteiger partial charge in [-0.3, -0.25) is 9.78 Å². The number of nitrogens with zero attached hydrogens (tertiary/aromatic N) is 1. The summed E-state index contributed by atoms with van der Waals surface area (Å²) < 4.78 is 0. The molecule has 136 valence electrons. The van der Waals surface area contributed by atoms with Crippen LogP contribution in [0.1, 0.15) is 68.1 Å². The molecule has 2 heteroatoms. The molecule has 3 aliphatic rings. The van der Waals surface area contributed by atoms with Crippen LogP contribution >= 0.6 is 0 Å². The minimum Gasteiger partial charge on any atom is -0.298 e. The van der Waals surface area contributed by atoms with E-state index in [2.05, 4.69) is 43.5 Å². The van der Waals surface area contributed by atoms with Crippen molar-refractivity contribution in [3.63, 3.8) is 0 Å². The predicted molar refractivity (Wildman–Crippen MR) is 109 cm³/mol. The molecule has 2 aromatic carbocycles. The van der Waals surface area contributed by atoms with Gasteiger partial charge in [0.05, 0.1) is 16.3 Å². The number of carbonyl (C=O) groups excluding carboxylic acids is 1. The average molecular weight is 355 g/mol.